The minimum absolute atomic E-state index is 0.198. The van der Waals surface area contributed by atoms with E-state index in [1.807, 2.05) is 24.3 Å². The van der Waals surface area contributed by atoms with Gasteiger partial charge in [0.1, 0.15) is 5.01 Å². The largest absolute Gasteiger partial charge is 0.330 e. The number of amides is 2. The fraction of sp³-hybridized carbons (Fsp3) is 0.130. The highest BCUT2D eigenvalue weighted by atomic mass is 32.2. The lowest BCUT2D eigenvalue weighted by Crippen LogP contribution is -2.41. The zero-order valence-electron chi connectivity index (χ0n) is 17.6. The number of hydrogen-bond acceptors (Lipinski definition) is 8. The maximum absolute atomic E-state index is 13.0. The van der Waals surface area contributed by atoms with Gasteiger partial charge in [-0.15, -0.1) is 10.2 Å². The number of carbonyl (C=O) groups is 2. The molecule has 5 rings (SSSR count). The third kappa shape index (κ3) is 4.16. The van der Waals surface area contributed by atoms with Crippen molar-refractivity contribution in [3.05, 3.63) is 76.8 Å². The van der Waals surface area contributed by atoms with E-state index >= 15 is 0 Å². The number of benzene rings is 3. The molecule has 0 radical (unpaired) electrons. The lowest BCUT2D eigenvalue weighted by atomic mass is 9.94. The van der Waals surface area contributed by atoms with E-state index in [1.165, 1.54) is 40.5 Å². The Morgan fingerprint density at radius 3 is 2.18 bits per heavy atom. The molecular weight excluding hydrogens is 476 g/mol. The Morgan fingerprint density at radius 1 is 0.912 bits per heavy atom. The normalized spacial score (nSPS) is 13.5. The summed E-state index contributed by atoms with van der Waals surface area (Å²) in [6.07, 6.45) is 1.07. The third-order valence-corrected chi connectivity index (χ3v) is 7.26. The summed E-state index contributed by atoms with van der Waals surface area (Å²) in [6, 6.07) is 16.5. The highest BCUT2D eigenvalue weighted by Crippen LogP contribution is 2.30. The molecule has 0 saturated heterocycles. The number of hydrogen-bond donors (Lipinski definition) is 2. The lowest BCUT2D eigenvalue weighted by molar-refractivity contribution is 0.0609. The van der Waals surface area contributed by atoms with E-state index in [1.54, 1.807) is 12.1 Å². The van der Waals surface area contributed by atoms with Gasteiger partial charge in [0.05, 0.1) is 4.90 Å². The molecule has 0 saturated carbocycles. The van der Waals surface area contributed by atoms with Crippen molar-refractivity contribution in [3.63, 3.8) is 0 Å². The average molecular weight is 495 g/mol. The Labute approximate surface area is 198 Å². The van der Waals surface area contributed by atoms with Crippen LogP contribution in [0.5, 0.6) is 0 Å². The number of nitrogens with zero attached hydrogens (tertiary/aromatic N) is 3. The van der Waals surface area contributed by atoms with Crippen LogP contribution in [0.25, 0.3) is 10.8 Å². The van der Waals surface area contributed by atoms with Gasteiger partial charge in [-0.05, 0) is 48.2 Å². The highest BCUT2D eigenvalue weighted by molar-refractivity contribution is 7.85. The van der Waals surface area contributed by atoms with Crippen molar-refractivity contribution in [2.75, 3.05) is 11.9 Å². The molecule has 0 bridgehead atoms. The molecule has 1 aromatic heterocycles. The first-order valence-electron chi connectivity index (χ1n) is 10.4. The van der Waals surface area contributed by atoms with Crippen LogP contribution < -0.4 is 5.32 Å². The van der Waals surface area contributed by atoms with Gasteiger partial charge in [-0.3, -0.25) is 19.0 Å². The molecule has 4 aromatic rings. The molecule has 0 spiro atoms. The molecular formula is C23H18N4O5S2. The van der Waals surface area contributed by atoms with Crippen LogP contribution in [0.2, 0.25) is 0 Å². The van der Waals surface area contributed by atoms with Crippen LogP contribution in [0.1, 0.15) is 32.1 Å². The molecule has 2 heterocycles. The minimum atomic E-state index is -4.25. The number of aryl methyl sites for hydroxylation is 1. The van der Waals surface area contributed by atoms with Gasteiger partial charge in [-0.25, -0.2) is 0 Å². The molecule has 3 aromatic carbocycles. The van der Waals surface area contributed by atoms with Crippen molar-refractivity contribution in [1.29, 1.82) is 0 Å². The van der Waals surface area contributed by atoms with Gasteiger partial charge in [0.15, 0.2) is 0 Å². The van der Waals surface area contributed by atoms with Crippen molar-refractivity contribution >= 4 is 54.9 Å². The van der Waals surface area contributed by atoms with Crippen molar-refractivity contribution in [1.82, 2.24) is 15.1 Å². The van der Waals surface area contributed by atoms with Gasteiger partial charge in [0, 0.05) is 35.2 Å². The summed E-state index contributed by atoms with van der Waals surface area (Å²) in [5.41, 5.74) is 1.66. The van der Waals surface area contributed by atoms with E-state index in [-0.39, 0.29) is 23.3 Å². The first kappa shape index (κ1) is 22.1. The Balaban J connectivity index is 1.22. The Kier molecular flexibility index (Phi) is 5.60. The van der Waals surface area contributed by atoms with Gasteiger partial charge in [0.2, 0.25) is 5.13 Å². The predicted octanol–water partition coefficient (Wildman–Crippen LogP) is 3.91. The first-order valence-corrected chi connectivity index (χ1v) is 12.6. The second-order valence-corrected chi connectivity index (χ2v) is 10.2. The monoisotopic (exact) mass is 494 g/mol. The summed E-state index contributed by atoms with van der Waals surface area (Å²) >= 11 is 1.32. The van der Waals surface area contributed by atoms with E-state index in [0.717, 1.165) is 10.4 Å². The summed E-state index contributed by atoms with van der Waals surface area (Å²) in [4.78, 5) is 27.0. The maximum Gasteiger partial charge on any atom is 0.294 e. The maximum atomic E-state index is 13.0. The smallest absolute Gasteiger partial charge is 0.294 e. The average Bonchev–Trinajstić information content (AvgIpc) is 3.26. The van der Waals surface area contributed by atoms with Gasteiger partial charge in [0.25, 0.3) is 21.9 Å². The molecule has 0 aliphatic carbocycles. The Morgan fingerprint density at radius 2 is 1.56 bits per heavy atom. The number of carbonyl (C=O) groups excluding carboxylic acids is 2. The minimum Gasteiger partial charge on any atom is -0.330 e. The van der Waals surface area contributed by atoms with Crippen molar-refractivity contribution < 1.29 is 22.6 Å². The standard InChI is InChI=1S/C23H18N4O5S2/c28-21-17-6-1-4-14-5-2-7-18(20(14)17)22(29)27(21)13-3-8-19-25-26-23(33-19)24-15-9-11-16(12-10-15)34(30,31)32/h1-2,4-7,9-12H,3,8,13H2,(H,24,26)(H,30,31,32). The molecule has 172 valence electrons. The van der Waals surface area contributed by atoms with Crippen LogP contribution in [-0.2, 0) is 16.5 Å². The van der Waals surface area contributed by atoms with Gasteiger partial charge >= 0.3 is 0 Å². The van der Waals surface area contributed by atoms with Crippen LogP contribution in [0.15, 0.2) is 65.6 Å². The van der Waals surface area contributed by atoms with Gasteiger partial charge in [-0.2, -0.15) is 8.42 Å². The van der Waals surface area contributed by atoms with Crippen LogP contribution in [0, 0.1) is 0 Å². The Bertz CT molecular complexity index is 1480. The molecule has 1 aliphatic heterocycles. The number of rotatable bonds is 7. The molecule has 1 aliphatic rings. The van der Waals surface area contributed by atoms with E-state index in [0.29, 0.717) is 40.2 Å². The number of nitrogens with one attached hydrogen (secondary N) is 1. The first-order chi connectivity index (χ1) is 16.3. The number of anilines is 2. The summed E-state index contributed by atoms with van der Waals surface area (Å²) < 4.78 is 31.3. The topological polar surface area (TPSA) is 130 Å². The van der Waals surface area contributed by atoms with E-state index in [4.69, 9.17) is 4.55 Å². The van der Waals surface area contributed by atoms with Crippen LogP contribution >= 0.6 is 11.3 Å². The van der Waals surface area contributed by atoms with Crippen molar-refractivity contribution in [2.45, 2.75) is 17.7 Å². The van der Waals surface area contributed by atoms with E-state index in [2.05, 4.69) is 15.5 Å². The molecule has 11 heteroatoms. The quantitative estimate of drug-likeness (QED) is 0.292. The lowest BCUT2D eigenvalue weighted by Gasteiger charge is -2.27. The molecule has 34 heavy (non-hydrogen) atoms. The summed E-state index contributed by atoms with van der Waals surface area (Å²) in [7, 11) is -4.25. The second kappa shape index (κ2) is 8.60. The van der Waals surface area contributed by atoms with Crippen LogP contribution in [0.3, 0.4) is 0 Å². The molecule has 0 unspecified atom stereocenters. The van der Waals surface area contributed by atoms with E-state index < -0.39 is 10.1 Å². The van der Waals surface area contributed by atoms with Crippen LogP contribution in [-0.4, -0.2) is 46.4 Å². The van der Waals surface area contributed by atoms with E-state index in [9.17, 15) is 18.0 Å². The zero-order chi connectivity index (χ0) is 23.9. The van der Waals surface area contributed by atoms with Gasteiger partial charge < -0.3 is 5.32 Å². The van der Waals surface area contributed by atoms with Gasteiger partial charge in [-0.1, -0.05) is 35.6 Å². The summed E-state index contributed by atoms with van der Waals surface area (Å²) in [6.45, 7) is 0.266. The molecule has 2 N–H and O–H groups in total. The second-order valence-electron chi connectivity index (χ2n) is 7.70. The zero-order valence-corrected chi connectivity index (χ0v) is 19.3. The highest BCUT2D eigenvalue weighted by Gasteiger charge is 2.32. The SMILES string of the molecule is O=C1c2cccc3cccc(c23)C(=O)N1CCCc1nnc(Nc2ccc(S(=O)(=O)O)cc2)s1. The fourth-order valence-electron chi connectivity index (χ4n) is 3.91. The Hall–Kier alpha value is -3.67. The van der Waals surface area contributed by atoms with Crippen LogP contribution in [0.4, 0.5) is 10.8 Å². The fourth-order valence-corrected chi connectivity index (χ4v) is 5.19. The molecule has 0 atom stereocenters. The molecule has 9 nitrogen and oxygen atoms in total. The third-order valence-electron chi connectivity index (χ3n) is 5.50. The predicted molar refractivity (Wildman–Crippen MR) is 127 cm³/mol. The number of imide groups is 1. The molecule has 2 amide bonds. The number of aromatic nitrogens is 2. The summed E-state index contributed by atoms with van der Waals surface area (Å²) in [5, 5.41) is 14.1. The van der Waals surface area contributed by atoms with Crippen molar-refractivity contribution in [2.24, 2.45) is 0 Å². The molecule has 0 fully saturated rings. The van der Waals surface area contributed by atoms with Crippen molar-refractivity contribution in [3.8, 4) is 0 Å². The summed E-state index contributed by atoms with van der Waals surface area (Å²) in [5.74, 6) is -0.579.